The lowest BCUT2D eigenvalue weighted by atomic mass is 10.1. The number of rotatable bonds is 15. The van der Waals surface area contributed by atoms with Crippen LogP contribution < -0.4 is 4.90 Å². The van der Waals surface area contributed by atoms with Crippen LogP contribution in [-0.4, -0.2) is 60.6 Å². The first-order chi connectivity index (χ1) is 13.9. The molecule has 1 rings (SSSR count). The van der Waals surface area contributed by atoms with Gasteiger partial charge in [-0.25, -0.2) is 9.78 Å². The van der Waals surface area contributed by atoms with E-state index >= 15 is 0 Å². The van der Waals surface area contributed by atoms with E-state index in [1.807, 2.05) is 6.26 Å². The van der Waals surface area contributed by atoms with E-state index in [9.17, 15) is 15.0 Å². The van der Waals surface area contributed by atoms with Gasteiger partial charge in [0.25, 0.3) is 0 Å². The second-order valence-corrected chi connectivity index (χ2v) is 10.1. The summed E-state index contributed by atoms with van der Waals surface area (Å²) >= 11 is 0. The molecule has 0 fully saturated rings. The zero-order valence-electron chi connectivity index (χ0n) is 17.7. The number of anilines is 1. The molecule has 0 atom stereocenters. The summed E-state index contributed by atoms with van der Waals surface area (Å²) in [6, 6.07) is 5.27. The fourth-order valence-corrected chi connectivity index (χ4v) is 4.96. The molecule has 1 aromatic carbocycles. The Morgan fingerprint density at radius 3 is 2.31 bits per heavy atom. The summed E-state index contributed by atoms with van der Waals surface area (Å²) in [5, 5.41) is 19.1. The summed E-state index contributed by atoms with van der Waals surface area (Å²) in [6.45, 7) is 5.28. The number of aliphatic hydroxyl groups is 2. The van der Waals surface area contributed by atoms with Crippen molar-refractivity contribution in [2.75, 3.05) is 44.6 Å². The summed E-state index contributed by atoms with van der Waals surface area (Å²) in [7, 11) is 4.88. The van der Waals surface area contributed by atoms with Gasteiger partial charge in [0.2, 0.25) is 5.91 Å². The molecule has 166 valence electrons. The molecular weight excluding hydrogens is 414 g/mol. The van der Waals surface area contributed by atoms with Crippen LogP contribution >= 0.6 is 21.6 Å². The van der Waals surface area contributed by atoms with Gasteiger partial charge >= 0.3 is 0 Å². The average Bonchev–Trinajstić information content (AvgIpc) is 2.71. The molecule has 0 bridgehead atoms. The van der Waals surface area contributed by atoms with Crippen molar-refractivity contribution in [2.24, 2.45) is 0 Å². The van der Waals surface area contributed by atoms with Crippen molar-refractivity contribution in [1.82, 2.24) is 0 Å². The van der Waals surface area contributed by atoms with Crippen LogP contribution in [-0.2, 0) is 32.5 Å². The minimum atomic E-state index is -0.162. The van der Waals surface area contributed by atoms with E-state index in [2.05, 4.69) is 18.7 Å². The Bertz CT molecular complexity index is 592. The number of benzene rings is 1. The predicted molar refractivity (Wildman–Crippen MR) is 119 cm³/mol. The molecule has 0 saturated heterocycles. The predicted octanol–water partition coefficient (Wildman–Crippen LogP) is 3.17. The maximum absolute atomic E-state index is 13.0. The fraction of sp³-hybridized carbons (Fsp3) is 0.650. The molecular formula is C20H33NO6S2. The van der Waals surface area contributed by atoms with Crippen molar-refractivity contribution in [3.63, 3.8) is 0 Å². The van der Waals surface area contributed by atoms with Crippen LogP contribution in [0, 0.1) is 0 Å². The number of aliphatic hydroxyl groups excluding tert-OH is 2. The molecule has 0 aliphatic rings. The maximum atomic E-state index is 13.0. The van der Waals surface area contributed by atoms with Crippen LogP contribution in [0.5, 0.6) is 0 Å². The Hall–Kier alpha value is -0.810. The highest BCUT2D eigenvalue weighted by atomic mass is 33.1. The van der Waals surface area contributed by atoms with Gasteiger partial charge in [-0.2, -0.15) is 0 Å². The van der Waals surface area contributed by atoms with Crippen LogP contribution in [0.25, 0.3) is 0 Å². The van der Waals surface area contributed by atoms with Crippen LogP contribution in [0.15, 0.2) is 18.2 Å². The quantitative estimate of drug-likeness (QED) is 0.183. The molecule has 29 heavy (non-hydrogen) atoms. The zero-order chi connectivity index (χ0) is 21.7. The van der Waals surface area contributed by atoms with Gasteiger partial charge in [-0.1, -0.05) is 27.7 Å². The van der Waals surface area contributed by atoms with E-state index in [1.165, 1.54) is 7.11 Å². The Balaban J connectivity index is 2.89. The highest BCUT2D eigenvalue weighted by molar-refractivity contribution is 8.76. The molecule has 0 aliphatic carbocycles. The van der Waals surface area contributed by atoms with Crippen LogP contribution in [0.1, 0.15) is 37.8 Å². The van der Waals surface area contributed by atoms with Crippen molar-refractivity contribution in [3.8, 4) is 0 Å². The minimum Gasteiger partial charge on any atom is -0.392 e. The van der Waals surface area contributed by atoms with E-state index in [4.69, 9.17) is 9.62 Å². The lowest BCUT2D eigenvalue weighted by molar-refractivity contribution is -0.277. The first-order valence-corrected chi connectivity index (χ1v) is 12.0. The van der Waals surface area contributed by atoms with E-state index in [-0.39, 0.29) is 23.9 Å². The molecule has 7 nitrogen and oxygen atoms in total. The molecule has 1 amide bonds. The van der Waals surface area contributed by atoms with Gasteiger partial charge in [0.15, 0.2) is 0 Å². The Labute approximate surface area is 181 Å². The van der Waals surface area contributed by atoms with Gasteiger partial charge in [-0.15, -0.1) is 0 Å². The molecule has 0 aromatic heterocycles. The molecule has 9 heteroatoms. The van der Waals surface area contributed by atoms with Gasteiger partial charge < -0.3 is 19.8 Å². The van der Waals surface area contributed by atoms with Crippen LogP contribution in [0.3, 0.4) is 0 Å². The summed E-state index contributed by atoms with van der Waals surface area (Å²) in [6.07, 6.45) is 3.16. The van der Waals surface area contributed by atoms with Crippen LogP contribution in [0.2, 0.25) is 0 Å². The first-order valence-electron chi connectivity index (χ1n) is 9.47. The third-order valence-corrected chi connectivity index (χ3v) is 6.83. The number of carbonyl (C=O) groups excluding carboxylic acids is 1. The fourth-order valence-electron chi connectivity index (χ4n) is 2.72. The number of ether oxygens (including phenoxy) is 1. The van der Waals surface area contributed by atoms with Gasteiger partial charge in [-0.05, 0) is 49.8 Å². The molecule has 0 aliphatic heterocycles. The Morgan fingerprint density at radius 2 is 1.76 bits per heavy atom. The number of hydrogen-bond donors (Lipinski definition) is 2. The minimum absolute atomic E-state index is 0.0159. The normalized spacial score (nSPS) is 11.7. The monoisotopic (exact) mass is 447 g/mol. The largest absolute Gasteiger partial charge is 0.392 e. The Kier molecular flexibility index (Phi) is 12.9. The van der Waals surface area contributed by atoms with Gasteiger partial charge in [0, 0.05) is 23.4 Å². The average molecular weight is 448 g/mol. The third-order valence-electron chi connectivity index (χ3n) is 4.15. The van der Waals surface area contributed by atoms with E-state index in [0.717, 1.165) is 6.42 Å². The van der Waals surface area contributed by atoms with Crippen molar-refractivity contribution in [3.05, 3.63) is 29.3 Å². The number of amides is 1. The third kappa shape index (κ3) is 10.2. The molecule has 2 N–H and O–H groups in total. The number of nitrogens with zero attached hydrogens (tertiary/aromatic N) is 1. The number of hydrogen-bond acceptors (Lipinski definition) is 8. The Morgan fingerprint density at radius 1 is 1.10 bits per heavy atom. The molecule has 0 spiro atoms. The van der Waals surface area contributed by atoms with Crippen molar-refractivity contribution >= 4 is 33.2 Å². The van der Waals surface area contributed by atoms with E-state index in [1.54, 1.807) is 44.7 Å². The highest BCUT2D eigenvalue weighted by Crippen LogP contribution is 2.37. The maximum Gasteiger partial charge on any atom is 0.227 e. The molecule has 1 aromatic rings. The van der Waals surface area contributed by atoms with Crippen LogP contribution in [0.4, 0.5) is 5.69 Å². The molecule has 0 radical (unpaired) electrons. The highest BCUT2D eigenvalue weighted by Gasteiger charge is 2.23. The molecule has 0 saturated carbocycles. The standard InChI is InChI=1S/C20H33NO6S2/c1-20(2,29-28-4)6-5-19(24)21(7-8-26-9-10-27-25-3)18-12-16(14-22)11-17(13-18)15-23/h11-13,22-23H,5-10,14-15H2,1-4H3. The van der Waals surface area contributed by atoms with Gasteiger partial charge in [0.05, 0.1) is 33.5 Å². The summed E-state index contributed by atoms with van der Waals surface area (Å²) in [5.41, 5.74) is 1.95. The second kappa shape index (κ2) is 14.2. The van der Waals surface area contributed by atoms with Gasteiger partial charge in [0.1, 0.15) is 6.61 Å². The van der Waals surface area contributed by atoms with Gasteiger partial charge in [-0.3, -0.25) is 4.79 Å². The van der Waals surface area contributed by atoms with E-state index < -0.39 is 0 Å². The SMILES string of the molecule is COOCCOCCN(C(=O)CCC(C)(C)SSC)c1cc(CO)cc(CO)c1. The van der Waals surface area contributed by atoms with Crippen molar-refractivity contribution in [2.45, 2.75) is 44.6 Å². The lowest BCUT2D eigenvalue weighted by Gasteiger charge is -2.27. The first kappa shape index (κ1) is 26.2. The van der Waals surface area contributed by atoms with E-state index in [0.29, 0.717) is 49.6 Å². The summed E-state index contributed by atoms with van der Waals surface area (Å²) < 4.78 is 5.51. The topological polar surface area (TPSA) is 88.5 Å². The summed E-state index contributed by atoms with van der Waals surface area (Å²) in [4.78, 5) is 24.0. The van der Waals surface area contributed by atoms with Crippen molar-refractivity contribution < 1.29 is 29.5 Å². The second-order valence-electron chi connectivity index (χ2n) is 6.98. The smallest absolute Gasteiger partial charge is 0.227 e. The molecule has 0 heterocycles. The number of carbonyl (C=O) groups is 1. The lowest BCUT2D eigenvalue weighted by Crippen LogP contribution is -2.35. The molecule has 0 unspecified atom stereocenters. The summed E-state index contributed by atoms with van der Waals surface area (Å²) in [5.74, 6) is -0.0181. The van der Waals surface area contributed by atoms with Crippen molar-refractivity contribution in [1.29, 1.82) is 0 Å². The zero-order valence-corrected chi connectivity index (χ0v) is 19.3.